The average molecular weight is 503 g/mol. The van der Waals surface area contributed by atoms with Gasteiger partial charge in [0.25, 0.3) is 0 Å². The highest BCUT2D eigenvalue weighted by Crippen LogP contribution is 2.31. The van der Waals surface area contributed by atoms with Crippen molar-refractivity contribution in [2.45, 2.75) is 25.6 Å². The lowest BCUT2D eigenvalue weighted by molar-refractivity contribution is -0.0495. The van der Waals surface area contributed by atoms with Crippen LogP contribution in [0.2, 0.25) is 0 Å². The van der Waals surface area contributed by atoms with Crippen LogP contribution in [0.1, 0.15) is 12.1 Å². The van der Waals surface area contributed by atoms with Crippen LogP contribution in [0.25, 0.3) is 0 Å². The fourth-order valence-corrected chi connectivity index (χ4v) is 3.08. The second-order valence-electron chi connectivity index (χ2n) is 6.17. The molecule has 0 aliphatic carbocycles. The summed E-state index contributed by atoms with van der Waals surface area (Å²) in [4.78, 5) is 10.6. The molecule has 3 rings (SSSR count). The third kappa shape index (κ3) is 6.18. The fourth-order valence-electron chi connectivity index (χ4n) is 3.08. The van der Waals surface area contributed by atoms with Crippen LogP contribution >= 0.6 is 24.0 Å². The highest BCUT2D eigenvalue weighted by Gasteiger charge is 2.26. The molecule has 0 saturated carbocycles. The van der Waals surface area contributed by atoms with E-state index in [0.717, 1.165) is 18.7 Å². The molecule has 0 radical (unpaired) electrons. The largest absolute Gasteiger partial charge is 0.433 e. The predicted octanol–water partition coefficient (Wildman–Crippen LogP) is 3.24. The minimum absolute atomic E-state index is 0. The van der Waals surface area contributed by atoms with Crippen molar-refractivity contribution < 1.29 is 13.5 Å². The zero-order chi connectivity index (χ0) is 19.1. The van der Waals surface area contributed by atoms with E-state index in [1.54, 1.807) is 31.4 Å². The lowest BCUT2D eigenvalue weighted by Crippen LogP contribution is -2.44. The minimum atomic E-state index is -2.84. The van der Waals surface area contributed by atoms with E-state index in [0.29, 0.717) is 24.7 Å². The van der Waals surface area contributed by atoms with Crippen LogP contribution in [-0.4, -0.2) is 43.7 Å². The molecule has 1 aliphatic heterocycles. The van der Waals surface area contributed by atoms with Gasteiger partial charge in [-0.15, -0.1) is 24.0 Å². The summed E-state index contributed by atoms with van der Waals surface area (Å²) in [5, 5.41) is 6.62. The Balaban J connectivity index is 0.00000280. The van der Waals surface area contributed by atoms with Gasteiger partial charge in [0.05, 0.1) is 17.9 Å². The summed E-state index contributed by atoms with van der Waals surface area (Å²) < 4.78 is 29.9. The Hall–Kier alpha value is -2.17. The Kier molecular flexibility index (Phi) is 8.68. The number of ether oxygens (including phenoxy) is 1. The molecule has 2 heterocycles. The van der Waals surface area contributed by atoms with Crippen molar-refractivity contribution in [2.24, 2.45) is 4.99 Å². The maximum absolute atomic E-state index is 12.6. The molecule has 9 heteroatoms. The van der Waals surface area contributed by atoms with Crippen LogP contribution in [-0.2, 0) is 6.54 Å². The highest BCUT2D eigenvalue weighted by atomic mass is 127. The predicted molar refractivity (Wildman–Crippen MR) is 117 cm³/mol. The molecule has 0 spiro atoms. The molecule has 1 fully saturated rings. The van der Waals surface area contributed by atoms with Crippen LogP contribution in [0.3, 0.4) is 0 Å². The zero-order valence-electron chi connectivity index (χ0n) is 15.5. The Morgan fingerprint density at radius 3 is 2.79 bits per heavy atom. The first-order valence-corrected chi connectivity index (χ1v) is 8.81. The van der Waals surface area contributed by atoms with Gasteiger partial charge in [0.1, 0.15) is 5.75 Å². The smallest absolute Gasteiger partial charge is 0.387 e. The van der Waals surface area contributed by atoms with E-state index >= 15 is 0 Å². The number of pyridine rings is 1. The molecular formula is C19H24F2IN5O. The molecule has 152 valence electrons. The quantitative estimate of drug-likeness (QED) is 0.360. The first-order valence-electron chi connectivity index (χ1n) is 8.81. The van der Waals surface area contributed by atoms with Crippen molar-refractivity contribution in [1.29, 1.82) is 0 Å². The van der Waals surface area contributed by atoms with Crippen molar-refractivity contribution in [2.75, 3.05) is 25.0 Å². The van der Waals surface area contributed by atoms with Crippen LogP contribution in [0.5, 0.6) is 5.75 Å². The second kappa shape index (κ2) is 11.0. The third-order valence-electron chi connectivity index (χ3n) is 4.34. The van der Waals surface area contributed by atoms with Gasteiger partial charge in [0, 0.05) is 32.4 Å². The van der Waals surface area contributed by atoms with E-state index in [1.165, 1.54) is 0 Å². The Bertz CT molecular complexity index is 763. The van der Waals surface area contributed by atoms with Crippen LogP contribution in [0, 0.1) is 0 Å². The maximum Gasteiger partial charge on any atom is 0.387 e. The summed E-state index contributed by atoms with van der Waals surface area (Å²) in [5.41, 5.74) is 1.60. The molecule has 0 amide bonds. The summed E-state index contributed by atoms with van der Waals surface area (Å²) in [5.74, 6) is 0.885. The number of rotatable bonds is 6. The van der Waals surface area contributed by atoms with Crippen molar-refractivity contribution in [3.63, 3.8) is 0 Å². The summed E-state index contributed by atoms with van der Waals surface area (Å²) in [7, 11) is 1.71. The van der Waals surface area contributed by atoms with E-state index < -0.39 is 6.61 Å². The molecule has 1 aliphatic rings. The van der Waals surface area contributed by atoms with Gasteiger partial charge < -0.3 is 20.3 Å². The van der Waals surface area contributed by atoms with Crippen molar-refractivity contribution in [1.82, 2.24) is 15.6 Å². The normalized spacial score (nSPS) is 16.6. The van der Waals surface area contributed by atoms with Gasteiger partial charge in [0.2, 0.25) is 0 Å². The standard InChI is InChI=1S/C19H23F2N5O.HI/c1-22-19(24-12-14-6-4-5-10-23-14)25-15-9-11-26(13-15)16-7-2-3-8-17(16)27-18(20)21;/h2-8,10,15,18H,9,11-13H2,1H3,(H2,22,24,25);1H. The van der Waals surface area contributed by atoms with Gasteiger partial charge >= 0.3 is 6.61 Å². The number of aliphatic imine (C=N–C) groups is 1. The topological polar surface area (TPSA) is 61.8 Å². The van der Waals surface area contributed by atoms with Crippen molar-refractivity contribution in [3.8, 4) is 5.75 Å². The lowest BCUT2D eigenvalue weighted by atomic mass is 10.2. The fraction of sp³-hybridized carbons (Fsp3) is 0.368. The van der Waals surface area contributed by atoms with Crippen molar-refractivity contribution >= 4 is 35.6 Å². The SMILES string of the molecule is CN=C(NCc1ccccn1)NC1CCN(c2ccccc2OC(F)F)C1.I. The molecule has 1 aromatic heterocycles. The van der Waals surface area contributed by atoms with Gasteiger partial charge in [-0.2, -0.15) is 8.78 Å². The highest BCUT2D eigenvalue weighted by molar-refractivity contribution is 14.0. The van der Waals surface area contributed by atoms with Crippen molar-refractivity contribution in [3.05, 3.63) is 54.4 Å². The van der Waals surface area contributed by atoms with E-state index in [4.69, 9.17) is 0 Å². The molecule has 2 aromatic rings. The number of hydrogen-bond donors (Lipinski definition) is 2. The van der Waals surface area contributed by atoms with Crippen LogP contribution in [0.15, 0.2) is 53.7 Å². The van der Waals surface area contributed by atoms with Gasteiger partial charge in [-0.05, 0) is 30.7 Å². The number of para-hydroxylation sites is 2. The van der Waals surface area contributed by atoms with E-state index in [9.17, 15) is 8.78 Å². The Morgan fingerprint density at radius 1 is 1.29 bits per heavy atom. The molecule has 1 saturated heterocycles. The number of nitrogens with one attached hydrogen (secondary N) is 2. The third-order valence-corrected chi connectivity index (χ3v) is 4.34. The number of alkyl halides is 2. The molecule has 1 unspecified atom stereocenters. The van der Waals surface area contributed by atoms with Gasteiger partial charge in [-0.3, -0.25) is 9.98 Å². The first kappa shape index (κ1) is 22.1. The number of halogens is 3. The number of hydrogen-bond acceptors (Lipinski definition) is 4. The summed E-state index contributed by atoms with van der Waals surface area (Å²) in [6, 6.07) is 12.8. The molecule has 2 N–H and O–H groups in total. The van der Waals surface area contributed by atoms with Crippen LogP contribution < -0.4 is 20.3 Å². The minimum Gasteiger partial charge on any atom is -0.433 e. The molecule has 0 bridgehead atoms. The number of anilines is 1. The lowest BCUT2D eigenvalue weighted by Gasteiger charge is -2.22. The molecular weight excluding hydrogens is 479 g/mol. The second-order valence-corrected chi connectivity index (χ2v) is 6.17. The number of aromatic nitrogens is 1. The number of benzene rings is 1. The molecule has 28 heavy (non-hydrogen) atoms. The Labute approximate surface area is 180 Å². The monoisotopic (exact) mass is 503 g/mol. The first-order chi connectivity index (χ1) is 13.2. The van der Waals surface area contributed by atoms with E-state index in [1.807, 2.05) is 29.2 Å². The van der Waals surface area contributed by atoms with E-state index in [2.05, 4.69) is 25.3 Å². The molecule has 1 aromatic carbocycles. The van der Waals surface area contributed by atoms with Crippen LogP contribution in [0.4, 0.5) is 14.5 Å². The summed E-state index contributed by atoms with van der Waals surface area (Å²) in [6.45, 7) is -0.841. The maximum atomic E-state index is 12.6. The Morgan fingerprint density at radius 2 is 2.07 bits per heavy atom. The molecule has 6 nitrogen and oxygen atoms in total. The number of guanidine groups is 1. The number of nitrogens with zero attached hydrogens (tertiary/aromatic N) is 3. The van der Waals surface area contributed by atoms with Gasteiger partial charge in [0.15, 0.2) is 5.96 Å². The molecule has 1 atom stereocenters. The summed E-state index contributed by atoms with van der Waals surface area (Å²) >= 11 is 0. The van der Waals surface area contributed by atoms with E-state index in [-0.39, 0.29) is 35.8 Å². The zero-order valence-corrected chi connectivity index (χ0v) is 17.8. The van der Waals surface area contributed by atoms with Gasteiger partial charge in [-0.25, -0.2) is 0 Å². The van der Waals surface area contributed by atoms with Gasteiger partial charge in [-0.1, -0.05) is 18.2 Å². The summed E-state index contributed by atoms with van der Waals surface area (Å²) in [6.07, 6.45) is 2.62. The average Bonchev–Trinajstić information content (AvgIpc) is 3.14.